The van der Waals surface area contributed by atoms with Crippen LogP contribution in [0.5, 0.6) is 0 Å². The van der Waals surface area contributed by atoms with Crippen LogP contribution in [0.25, 0.3) is 0 Å². The van der Waals surface area contributed by atoms with Gasteiger partial charge >= 0.3 is 0 Å². The largest absolute Gasteiger partial charge is 0.370 e. The molecule has 1 rings (SSSR count). The van der Waals surface area contributed by atoms with Crippen LogP contribution in [0.3, 0.4) is 0 Å². The summed E-state index contributed by atoms with van der Waals surface area (Å²) in [6.07, 6.45) is 0. The number of hydrogen-bond acceptors (Lipinski definition) is 4. The summed E-state index contributed by atoms with van der Waals surface area (Å²) in [5.41, 5.74) is 1.12. The molecule has 1 N–H and O–H groups in total. The maximum atomic E-state index is 4.62. The number of hydrogen-bond donors (Lipinski definition) is 1. The van der Waals surface area contributed by atoms with Crippen LogP contribution in [0.2, 0.25) is 0 Å². The average Bonchev–Trinajstić information content (AvgIpc) is 2.26. The predicted molar refractivity (Wildman–Crippen MR) is 76.7 cm³/mol. The van der Waals surface area contributed by atoms with Crippen molar-refractivity contribution in [2.45, 2.75) is 51.5 Å². The van der Waals surface area contributed by atoms with Gasteiger partial charge in [-0.05, 0) is 18.1 Å². The highest BCUT2D eigenvalue weighted by Crippen LogP contribution is 2.19. The molecule has 0 aliphatic carbocycles. The first-order valence-electron chi connectivity index (χ1n) is 6.26. The molecule has 17 heavy (non-hydrogen) atoms. The van der Waals surface area contributed by atoms with Gasteiger partial charge in [0.05, 0.1) is 5.75 Å². The SMILES string of the molecule is CCNc1cc(C(C)C)nc(CSC(C)C)n1. The minimum Gasteiger partial charge on any atom is -0.370 e. The summed E-state index contributed by atoms with van der Waals surface area (Å²) < 4.78 is 0. The van der Waals surface area contributed by atoms with Crippen molar-refractivity contribution >= 4 is 17.6 Å². The van der Waals surface area contributed by atoms with Gasteiger partial charge in [-0.15, -0.1) is 0 Å². The topological polar surface area (TPSA) is 37.8 Å². The molecule has 96 valence electrons. The highest BCUT2D eigenvalue weighted by atomic mass is 32.2. The summed E-state index contributed by atoms with van der Waals surface area (Å²) in [4.78, 5) is 9.15. The molecular weight excluding hydrogens is 230 g/mol. The number of nitrogens with one attached hydrogen (secondary N) is 1. The number of aromatic nitrogens is 2. The van der Waals surface area contributed by atoms with Crippen molar-refractivity contribution in [3.8, 4) is 0 Å². The number of nitrogens with zero attached hydrogens (tertiary/aromatic N) is 2. The lowest BCUT2D eigenvalue weighted by atomic mass is 10.1. The first-order valence-corrected chi connectivity index (χ1v) is 7.31. The highest BCUT2D eigenvalue weighted by molar-refractivity contribution is 7.99. The van der Waals surface area contributed by atoms with Crippen LogP contribution in [0.4, 0.5) is 5.82 Å². The molecule has 0 radical (unpaired) electrons. The molecule has 0 fully saturated rings. The fourth-order valence-corrected chi connectivity index (χ4v) is 2.00. The number of rotatable bonds is 6. The first-order chi connectivity index (χ1) is 8.02. The lowest BCUT2D eigenvalue weighted by molar-refractivity contribution is 0.799. The van der Waals surface area contributed by atoms with E-state index in [2.05, 4.69) is 56.0 Å². The molecule has 4 heteroatoms. The Morgan fingerprint density at radius 1 is 1.24 bits per heavy atom. The second-order valence-corrected chi connectivity index (χ2v) is 6.20. The van der Waals surface area contributed by atoms with Gasteiger partial charge in [-0.1, -0.05) is 27.7 Å². The molecular formula is C13H23N3S. The van der Waals surface area contributed by atoms with Gasteiger partial charge in [0.2, 0.25) is 0 Å². The van der Waals surface area contributed by atoms with E-state index in [0.29, 0.717) is 11.2 Å². The molecule has 0 aliphatic rings. The van der Waals surface area contributed by atoms with Gasteiger partial charge < -0.3 is 5.32 Å². The van der Waals surface area contributed by atoms with Gasteiger partial charge in [0, 0.05) is 18.3 Å². The van der Waals surface area contributed by atoms with Gasteiger partial charge in [0.1, 0.15) is 11.6 Å². The van der Waals surface area contributed by atoms with E-state index in [1.54, 1.807) is 0 Å². The van der Waals surface area contributed by atoms with Crippen LogP contribution in [0.15, 0.2) is 6.07 Å². The minimum atomic E-state index is 0.443. The number of anilines is 1. The fourth-order valence-electron chi connectivity index (χ4n) is 1.39. The highest BCUT2D eigenvalue weighted by Gasteiger charge is 2.08. The van der Waals surface area contributed by atoms with E-state index in [1.807, 2.05) is 11.8 Å². The summed E-state index contributed by atoms with van der Waals surface area (Å²) in [7, 11) is 0. The van der Waals surface area contributed by atoms with Crippen molar-refractivity contribution in [3.05, 3.63) is 17.6 Å². The van der Waals surface area contributed by atoms with Crippen molar-refractivity contribution in [3.63, 3.8) is 0 Å². The van der Waals surface area contributed by atoms with E-state index in [1.165, 1.54) is 0 Å². The van der Waals surface area contributed by atoms with Crippen LogP contribution < -0.4 is 5.32 Å². The number of thioether (sulfide) groups is 1. The summed E-state index contributed by atoms with van der Waals surface area (Å²) in [6, 6.07) is 2.05. The Kier molecular flexibility index (Phi) is 5.75. The van der Waals surface area contributed by atoms with E-state index >= 15 is 0 Å². The maximum Gasteiger partial charge on any atom is 0.140 e. The molecule has 1 aromatic heterocycles. The van der Waals surface area contributed by atoms with Crippen molar-refractivity contribution in [2.75, 3.05) is 11.9 Å². The third-order valence-electron chi connectivity index (χ3n) is 2.29. The van der Waals surface area contributed by atoms with Crippen LogP contribution >= 0.6 is 11.8 Å². The quantitative estimate of drug-likeness (QED) is 0.839. The zero-order valence-corrected chi connectivity index (χ0v) is 12.3. The molecule has 0 atom stereocenters. The predicted octanol–water partition coefficient (Wildman–Crippen LogP) is 3.67. The molecule has 0 unspecified atom stereocenters. The third-order valence-corrected chi connectivity index (χ3v) is 3.38. The van der Waals surface area contributed by atoms with E-state index < -0.39 is 0 Å². The van der Waals surface area contributed by atoms with E-state index in [4.69, 9.17) is 0 Å². The minimum absolute atomic E-state index is 0.443. The van der Waals surface area contributed by atoms with Gasteiger partial charge in [0.15, 0.2) is 0 Å². The Labute approximate surface area is 109 Å². The lowest BCUT2D eigenvalue weighted by Gasteiger charge is -2.11. The normalized spacial score (nSPS) is 11.2. The van der Waals surface area contributed by atoms with Crippen molar-refractivity contribution in [2.24, 2.45) is 0 Å². The Morgan fingerprint density at radius 2 is 1.94 bits per heavy atom. The molecule has 0 spiro atoms. The maximum absolute atomic E-state index is 4.62. The zero-order valence-electron chi connectivity index (χ0n) is 11.4. The summed E-state index contributed by atoms with van der Waals surface area (Å²) in [5, 5.41) is 3.89. The first kappa shape index (κ1) is 14.3. The Hall–Kier alpha value is -0.770. The molecule has 0 bridgehead atoms. The van der Waals surface area contributed by atoms with Crippen LogP contribution in [-0.2, 0) is 5.75 Å². The molecule has 3 nitrogen and oxygen atoms in total. The lowest BCUT2D eigenvalue weighted by Crippen LogP contribution is -2.07. The zero-order chi connectivity index (χ0) is 12.8. The van der Waals surface area contributed by atoms with Crippen LogP contribution in [0.1, 0.15) is 52.1 Å². The standard InChI is InChI=1S/C13H23N3S/c1-6-14-12-7-11(9(2)3)15-13(16-12)8-17-10(4)5/h7,9-10H,6,8H2,1-5H3,(H,14,15,16). The van der Waals surface area contributed by atoms with Gasteiger partial charge in [-0.25, -0.2) is 9.97 Å². The Balaban J connectivity index is 2.87. The second kappa shape index (κ2) is 6.84. The Morgan fingerprint density at radius 3 is 2.47 bits per heavy atom. The summed E-state index contributed by atoms with van der Waals surface area (Å²) >= 11 is 1.88. The van der Waals surface area contributed by atoms with E-state index in [0.717, 1.165) is 29.6 Å². The summed E-state index contributed by atoms with van der Waals surface area (Å²) in [6.45, 7) is 11.7. The average molecular weight is 253 g/mol. The molecule has 1 aromatic rings. The fraction of sp³-hybridized carbons (Fsp3) is 0.692. The molecule has 0 amide bonds. The van der Waals surface area contributed by atoms with Crippen LogP contribution in [0, 0.1) is 0 Å². The Bertz CT molecular complexity index is 351. The van der Waals surface area contributed by atoms with Gasteiger partial charge in [0.25, 0.3) is 0 Å². The molecule has 1 heterocycles. The molecule has 0 saturated carbocycles. The smallest absolute Gasteiger partial charge is 0.140 e. The van der Waals surface area contributed by atoms with Crippen LogP contribution in [-0.4, -0.2) is 21.8 Å². The third kappa shape index (κ3) is 4.94. The van der Waals surface area contributed by atoms with E-state index in [9.17, 15) is 0 Å². The molecule has 0 aromatic carbocycles. The van der Waals surface area contributed by atoms with E-state index in [-0.39, 0.29) is 0 Å². The van der Waals surface area contributed by atoms with Crippen molar-refractivity contribution < 1.29 is 0 Å². The second-order valence-electron chi connectivity index (χ2n) is 4.64. The molecule has 0 aliphatic heterocycles. The van der Waals surface area contributed by atoms with Crippen molar-refractivity contribution in [1.29, 1.82) is 0 Å². The monoisotopic (exact) mass is 253 g/mol. The summed E-state index contributed by atoms with van der Waals surface area (Å²) in [5.74, 6) is 3.21. The van der Waals surface area contributed by atoms with Gasteiger partial charge in [-0.3, -0.25) is 0 Å². The molecule has 0 saturated heterocycles. The van der Waals surface area contributed by atoms with Gasteiger partial charge in [-0.2, -0.15) is 11.8 Å². The van der Waals surface area contributed by atoms with Crippen molar-refractivity contribution in [1.82, 2.24) is 9.97 Å².